The lowest BCUT2D eigenvalue weighted by Gasteiger charge is -2.04. The standard InChI is InChI=1S/C13H16N2O/c1-16-13-6-4-12(5-7-13)3-2-9-15-10-8-14-11-15/h4-8,10-11H,2-3,9H2,1H3. The van der Waals surface area contributed by atoms with Crippen LogP contribution in [0.2, 0.25) is 0 Å². The number of methoxy groups -OCH3 is 1. The molecule has 1 heterocycles. The number of aromatic nitrogens is 2. The first-order valence-corrected chi connectivity index (χ1v) is 5.47. The Kier molecular flexibility index (Phi) is 3.59. The van der Waals surface area contributed by atoms with Crippen molar-refractivity contribution in [1.29, 1.82) is 0 Å². The van der Waals surface area contributed by atoms with Gasteiger partial charge in [-0.15, -0.1) is 0 Å². The molecule has 2 rings (SSSR count). The summed E-state index contributed by atoms with van der Waals surface area (Å²) in [6.07, 6.45) is 7.88. The van der Waals surface area contributed by atoms with E-state index in [0.717, 1.165) is 25.1 Å². The third-order valence-electron chi connectivity index (χ3n) is 2.60. The molecule has 0 spiro atoms. The fourth-order valence-corrected chi connectivity index (χ4v) is 1.68. The van der Waals surface area contributed by atoms with Crippen molar-refractivity contribution in [3.05, 3.63) is 48.5 Å². The van der Waals surface area contributed by atoms with Gasteiger partial charge in [0.2, 0.25) is 0 Å². The van der Waals surface area contributed by atoms with E-state index in [1.54, 1.807) is 7.11 Å². The van der Waals surface area contributed by atoms with Crippen LogP contribution in [0.3, 0.4) is 0 Å². The van der Waals surface area contributed by atoms with E-state index in [1.165, 1.54) is 5.56 Å². The first kappa shape index (κ1) is 10.7. The lowest BCUT2D eigenvalue weighted by Crippen LogP contribution is -1.96. The van der Waals surface area contributed by atoms with E-state index < -0.39 is 0 Å². The maximum Gasteiger partial charge on any atom is 0.118 e. The van der Waals surface area contributed by atoms with E-state index in [-0.39, 0.29) is 0 Å². The average Bonchev–Trinajstić information content (AvgIpc) is 2.83. The summed E-state index contributed by atoms with van der Waals surface area (Å²) in [6.45, 7) is 1.02. The van der Waals surface area contributed by atoms with Gasteiger partial charge in [-0.25, -0.2) is 4.98 Å². The highest BCUT2D eigenvalue weighted by Crippen LogP contribution is 2.12. The highest BCUT2D eigenvalue weighted by Gasteiger charge is 1.95. The monoisotopic (exact) mass is 216 g/mol. The van der Waals surface area contributed by atoms with Gasteiger partial charge in [0, 0.05) is 18.9 Å². The number of benzene rings is 1. The number of nitrogens with zero attached hydrogens (tertiary/aromatic N) is 2. The molecule has 0 radical (unpaired) electrons. The van der Waals surface area contributed by atoms with E-state index in [2.05, 4.69) is 21.7 Å². The van der Waals surface area contributed by atoms with Crippen molar-refractivity contribution in [2.24, 2.45) is 0 Å². The molecule has 0 fully saturated rings. The van der Waals surface area contributed by atoms with Crippen LogP contribution in [0, 0.1) is 0 Å². The Morgan fingerprint density at radius 1 is 1.25 bits per heavy atom. The van der Waals surface area contributed by atoms with Crippen LogP contribution < -0.4 is 4.74 Å². The van der Waals surface area contributed by atoms with Gasteiger partial charge in [0.15, 0.2) is 0 Å². The molecule has 0 unspecified atom stereocenters. The summed E-state index contributed by atoms with van der Waals surface area (Å²) in [5.41, 5.74) is 1.35. The SMILES string of the molecule is COc1ccc(CCCn2ccnc2)cc1. The Bertz CT molecular complexity index is 406. The van der Waals surface area contributed by atoms with Gasteiger partial charge in [0.25, 0.3) is 0 Å². The average molecular weight is 216 g/mol. The summed E-state index contributed by atoms with van der Waals surface area (Å²) < 4.78 is 7.22. The number of hydrogen-bond acceptors (Lipinski definition) is 2. The number of rotatable bonds is 5. The molecule has 0 bridgehead atoms. The van der Waals surface area contributed by atoms with Crippen LogP contribution in [-0.2, 0) is 13.0 Å². The van der Waals surface area contributed by atoms with E-state index in [1.807, 2.05) is 30.9 Å². The maximum absolute atomic E-state index is 5.12. The number of ether oxygens (including phenoxy) is 1. The molecule has 3 nitrogen and oxygen atoms in total. The molecule has 1 aromatic carbocycles. The molecular formula is C13H16N2O. The minimum absolute atomic E-state index is 0.915. The second-order valence-electron chi connectivity index (χ2n) is 3.75. The zero-order valence-electron chi connectivity index (χ0n) is 9.47. The quantitative estimate of drug-likeness (QED) is 0.768. The molecule has 0 aliphatic carbocycles. The molecule has 84 valence electrons. The predicted molar refractivity (Wildman–Crippen MR) is 63.5 cm³/mol. The van der Waals surface area contributed by atoms with Crippen LogP contribution in [0.15, 0.2) is 43.0 Å². The zero-order valence-corrected chi connectivity index (χ0v) is 9.47. The Labute approximate surface area is 95.7 Å². The lowest BCUT2D eigenvalue weighted by atomic mass is 10.1. The molecule has 0 aliphatic rings. The van der Waals surface area contributed by atoms with E-state index in [0.29, 0.717) is 0 Å². The number of aryl methyl sites for hydroxylation is 2. The van der Waals surface area contributed by atoms with Gasteiger partial charge in [0.05, 0.1) is 13.4 Å². The highest BCUT2D eigenvalue weighted by molar-refractivity contribution is 5.27. The summed E-state index contributed by atoms with van der Waals surface area (Å²) in [5, 5.41) is 0. The van der Waals surface area contributed by atoms with Crippen molar-refractivity contribution in [1.82, 2.24) is 9.55 Å². The largest absolute Gasteiger partial charge is 0.497 e. The van der Waals surface area contributed by atoms with Crippen molar-refractivity contribution in [3.8, 4) is 5.75 Å². The smallest absolute Gasteiger partial charge is 0.118 e. The molecule has 1 aromatic heterocycles. The first-order valence-electron chi connectivity index (χ1n) is 5.47. The second kappa shape index (κ2) is 5.35. The summed E-state index contributed by atoms with van der Waals surface area (Å²) >= 11 is 0. The van der Waals surface area contributed by atoms with Crippen LogP contribution >= 0.6 is 0 Å². The van der Waals surface area contributed by atoms with Gasteiger partial charge in [-0.05, 0) is 30.5 Å². The van der Waals surface area contributed by atoms with Crippen LogP contribution in [0.4, 0.5) is 0 Å². The lowest BCUT2D eigenvalue weighted by molar-refractivity contribution is 0.414. The van der Waals surface area contributed by atoms with Gasteiger partial charge in [-0.1, -0.05) is 12.1 Å². The molecule has 3 heteroatoms. The van der Waals surface area contributed by atoms with Crippen molar-refractivity contribution in [2.45, 2.75) is 19.4 Å². The highest BCUT2D eigenvalue weighted by atomic mass is 16.5. The molecule has 0 amide bonds. The van der Waals surface area contributed by atoms with E-state index in [4.69, 9.17) is 4.74 Å². The molecular weight excluding hydrogens is 200 g/mol. The predicted octanol–water partition coefficient (Wildman–Crippen LogP) is 2.52. The normalized spacial score (nSPS) is 10.3. The summed E-state index contributed by atoms with van der Waals surface area (Å²) in [5.74, 6) is 0.915. The Morgan fingerprint density at radius 2 is 2.06 bits per heavy atom. The van der Waals surface area contributed by atoms with Gasteiger partial charge in [-0.3, -0.25) is 0 Å². The van der Waals surface area contributed by atoms with Crippen LogP contribution in [0.25, 0.3) is 0 Å². The van der Waals surface area contributed by atoms with Crippen LogP contribution in [0.5, 0.6) is 5.75 Å². The molecule has 16 heavy (non-hydrogen) atoms. The molecule has 0 aliphatic heterocycles. The topological polar surface area (TPSA) is 27.1 Å². The fraction of sp³-hybridized carbons (Fsp3) is 0.308. The second-order valence-corrected chi connectivity index (χ2v) is 3.75. The first-order chi connectivity index (χ1) is 7.88. The van der Waals surface area contributed by atoms with Crippen molar-refractivity contribution in [2.75, 3.05) is 7.11 Å². The Morgan fingerprint density at radius 3 is 2.69 bits per heavy atom. The third kappa shape index (κ3) is 2.86. The van der Waals surface area contributed by atoms with Gasteiger partial charge in [0.1, 0.15) is 5.75 Å². The summed E-state index contributed by atoms with van der Waals surface area (Å²) in [6, 6.07) is 8.25. The molecule has 0 saturated heterocycles. The molecule has 2 aromatic rings. The van der Waals surface area contributed by atoms with Gasteiger partial charge >= 0.3 is 0 Å². The minimum Gasteiger partial charge on any atom is -0.497 e. The number of hydrogen-bond donors (Lipinski definition) is 0. The third-order valence-corrected chi connectivity index (χ3v) is 2.60. The summed E-state index contributed by atoms with van der Waals surface area (Å²) in [7, 11) is 1.69. The van der Waals surface area contributed by atoms with Crippen molar-refractivity contribution < 1.29 is 4.74 Å². The summed E-state index contributed by atoms with van der Waals surface area (Å²) in [4.78, 5) is 4.02. The van der Waals surface area contributed by atoms with Crippen LogP contribution in [0.1, 0.15) is 12.0 Å². The van der Waals surface area contributed by atoms with E-state index >= 15 is 0 Å². The Balaban J connectivity index is 1.81. The Hall–Kier alpha value is -1.77. The minimum atomic E-state index is 0.915. The fourth-order valence-electron chi connectivity index (χ4n) is 1.68. The van der Waals surface area contributed by atoms with Crippen LogP contribution in [-0.4, -0.2) is 16.7 Å². The van der Waals surface area contributed by atoms with Gasteiger partial charge in [-0.2, -0.15) is 0 Å². The van der Waals surface area contributed by atoms with Gasteiger partial charge < -0.3 is 9.30 Å². The number of imidazole rings is 1. The maximum atomic E-state index is 5.12. The van der Waals surface area contributed by atoms with Crippen molar-refractivity contribution in [3.63, 3.8) is 0 Å². The molecule has 0 saturated carbocycles. The molecule has 0 atom stereocenters. The van der Waals surface area contributed by atoms with Crippen molar-refractivity contribution >= 4 is 0 Å². The molecule has 0 N–H and O–H groups in total. The zero-order chi connectivity index (χ0) is 11.2. The van der Waals surface area contributed by atoms with E-state index in [9.17, 15) is 0 Å².